The van der Waals surface area contributed by atoms with E-state index >= 15 is 0 Å². The number of hydrogen-bond donors (Lipinski definition) is 1. The first-order valence-electron chi connectivity index (χ1n) is 7.14. The summed E-state index contributed by atoms with van der Waals surface area (Å²) < 4.78 is 33.1. The second kappa shape index (κ2) is 6.60. The van der Waals surface area contributed by atoms with Gasteiger partial charge in [0.05, 0.1) is 0 Å². The van der Waals surface area contributed by atoms with Crippen LogP contribution in [0.15, 0.2) is 33.9 Å². The second-order valence-corrected chi connectivity index (χ2v) is 8.09. The number of ether oxygens (including phenoxy) is 1. The van der Waals surface area contributed by atoms with Gasteiger partial charge in [-0.1, -0.05) is 17.2 Å². The van der Waals surface area contributed by atoms with E-state index in [4.69, 9.17) is 9.15 Å². The number of carbonyl (C=O) groups is 1. The molecular weight excluding hydrogens is 334 g/mol. The highest BCUT2D eigenvalue weighted by Crippen LogP contribution is 2.20. The number of rotatable bonds is 4. The Morgan fingerprint density at radius 3 is 2.58 bits per heavy atom. The number of nitrogens with zero attached hydrogens (tertiary/aromatic N) is 2. The summed E-state index contributed by atoms with van der Waals surface area (Å²) in [4.78, 5) is 11.7. The number of aromatic nitrogens is 2. The summed E-state index contributed by atoms with van der Waals surface area (Å²) >= 11 is 0. The van der Waals surface area contributed by atoms with Gasteiger partial charge in [-0.25, -0.2) is 13.2 Å². The average molecular weight is 353 g/mol. The molecule has 0 radical (unpaired) electrons. The molecule has 1 amide bonds. The summed E-state index contributed by atoms with van der Waals surface area (Å²) in [6.45, 7) is 5.59. The number of alkyl carbamates (subject to hydrolysis) is 1. The maximum atomic E-state index is 11.7. The zero-order valence-electron chi connectivity index (χ0n) is 13.9. The van der Waals surface area contributed by atoms with E-state index in [0.29, 0.717) is 5.56 Å². The fourth-order valence-corrected chi connectivity index (χ4v) is 2.20. The van der Waals surface area contributed by atoms with E-state index in [1.165, 1.54) is 0 Å². The fourth-order valence-electron chi connectivity index (χ4n) is 1.78. The molecule has 0 aliphatic heterocycles. The summed E-state index contributed by atoms with van der Waals surface area (Å²) in [5.41, 5.74) is 0.760. The molecule has 2 rings (SSSR count). The van der Waals surface area contributed by atoms with E-state index in [0.717, 1.165) is 11.8 Å². The van der Waals surface area contributed by atoms with Gasteiger partial charge in [0.15, 0.2) is 0 Å². The van der Waals surface area contributed by atoms with Crippen molar-refractivity contribution in [2.24, 2.45) is 0 Å². The highest BCUT2D eigenvalue weighted by atomic mass is 32.2. The SMILES string of the molecule is CC(C)(C)OC(=O)NCc1cccc(-c2nnc(S(C)(=O)=O)o2)c1. The van der Waals surface area contributed by atoms with Crippen LogP contribution in [0, 0.1) is 0 Å². The number of nitrogens with one attached hydrogen (secondary N) is 1. The van der Waals surface area contributed by atoms with Crippen LogP contribution in [0.25, 0.3) is 11.5 Å². The monoisotopic (exact) mass is 353 g/mol. The number of hydrogen-bond acceptors (Lipinski definition) is 7. The van der Waals surface area contributed by atoms with Gasteiger partial charge < -0.3 is 14.5 Å². The molecule has 0 atom stereocenters. The fraction of sp³-hybridized carbons (Fsp3) is 0.400. The summed E-state index contributed by atoms with van der Waals surface area (Å²) in [5, 5.41) is 9.45. The normalized spacial score (nSPS) is 12.0. The molecule has 0 spiro atoms. The van der Waals surface area contributed by atoms with Crippen LogP contribution >= 0.6 is 0 Å². The van der Waals surface area contributed by atoms with Crippen LogP contribution in [0.4, 0.5) is 4.79 Å². The largest absolute Gasteiger partial charge is 0.444 e. The number of sulfone groups is 1. The number of carbonyl (C=O) groups excluding carboxylic acids is 1. The molecule has 0 unspecified atom stereocenters. The maximum Gasteiger partial charge on any atom is 0.407 e. The van der Waals surface area contributed by atoms with E-state index in [2.05, 4.69) is 15.5 Å². The summed E-state index contributed by atoms with van der Waals surface area (Å²) in [5.74, 6) is 0.0922. The summed E-state index contributed by atoms with van der Waals surface area (Å²) in [7, 11) is -3.55. The van der Waals surface area contributed by atoms with Crippen molar-refractivity contribution in [3.8, 4) is 11.5 Å². The van der Waals surface area contributed by atoms with Crippen LogP contribution in [0.3, 0.4) is 0 Å². The third-order valence-corrected chi connectivity index (χ3v) is 3.53. The van der Waals surface area contributed by atoms with Crippen LogP contribution in [-0.2, 0) is 21.1 Å². The molecule has 0 saturated heterocycles. The predicted molar refractivity (Wildman–Crippen MR) is 85.9 cm³/mol. The first-order chi connectivity index (χ1) is 11.0. The Kier molecular flexibility index (Phi) is 4.93. The molecule has 130 valence electrons. The topological polar surface area (TPSA) is 111 Å². The Balaban J connectivity index is 2.09. The first kappa shape index (κ1) is 17.9. The lowest BCUT2D eigenvalue weighted by Gasteiger charge is -2.19. The van der Waals surface area contributed by atoms with Gasteiger partial charge in [0, 0.05) is 18.4 Å². The molecular formula is C15H19N3O5S. The van der Waals surface area contributed by atoms with Crippen molar-refractivity contribution in [2.45, 2.75) is 38.1 Å². The molecule has 1 heterocycles. The van der Waals surface area contributed by atoms with Crippen LogP contribution in [0.2, 0.25) is 0 Å². The lowest BCUT2D eigenvalue weighted by atomic mass is 10.1. The smallest absolute Gasteiger partial charge is 0.407 e. The van der Waals surface area contributed by atoms with Crippen molar-refractivity contribution < 1.29 is 22.4 Å². The first-order valence-corrected chi connectivity index (χ1v) is 9.03. The van der Waals surface area contributed by atoms with E-state index in [1.54, 1.807) is 45.0 Å². The Morgan fingerprint density at radius 2 is 2.00 bits per heavy atom. The zero-order valence-corrected chi connectivity index (χ0v) is 14.7. The van der Waals surface area contributed by atoms with Gasteiger partial charge in [-0.05, 0) is 38.5 Å². The Morgan fingerprint density at radius 1 is 1.29 bits per heavy atom. The average Bonchev–Trinajstić information content (AvgIpc) is 2.93. The minimum absolute atomic E-state index is 0.0922. The molecule has 1 aromatic carbocycles. The zero-order chi connectivity index (χ0) is 18.0. The molecule has 2 aromatic rings. The lowest BCUT2D eigenvalue weighted by molar-refractivity contribution is 0.0523. The van der Waals surface area contributed by atoms with Crippen molar-refractivity contribution in [1.82, 2.24) is 15.5 Å². The molecule has 24 heavy (non-hydrogen) atoms. The lowest BCUT2D eigenvalue weighted by Crippen LogP contribution is -2.32. The predicted octanol–water partition coefficient (Wildman–Crippen LogP) is 2.16. The number of amides is 1. The van der Waals surface area contributed by atoms with Gasteiger partial charge in [0.2, 0.25) is 15.7 Å². The second-order valence-electron chi connectivity index (χ2n) is 6.20. The van der Waals surface area contributed by atoms with Crippen LogP contribution in [-0.4, -0.2) is 36.6 Å². The molecule has 0 fully saturated rings. The van der Waals surface area contributed by atoms with Gasteiger partial charge in [-0.2, -0.15) is 0 Å². The van der Waals surface area contributed by atoms with E-state index in [9.17, 15) is 13.2 Å². The van der Waals surface area contributed by atoms with Crippen LogP contribution < -0.4 is 5.32 Å². The molecule has 1 N–H and O–H groups in total. The highest BCUT2D eigenvalue weighted by molar-refractivity contribution is 7.90. The maximum absolute atomic E-state index is 11.7. The molecule has 1 aromatic heterocycles. The number of benzene rings is 1. The van der Waals surface area contributed by atoms with Gasteiger partial charge in [0.25, 0.3) is 0 Å². The van der Waals surface area contributed by atoms with Gasteiger partial charge in [-0.15, -0.1) is 5.10 Å². The van der Waals surface area contributed by atoms with Crippen molar-refractivity contribution >= 4 is 15.9 Å². The standard InChI is InChI=1S/C15H19N3O5S/c1-15(2,3)23-13(19)16-9-10-6-5-7-11(8-10)12-17-18-14(22-12)24(4,20)21/h5-8H,9H2,1-4H3,(H,16,19). The molecule has 9 heteroatoms. The van der Waals surface area contributed by atoms with Gasteiger partial charge >= 0.3 is 11.3 Å². The Labute approximate surface area is 140 Å². The molecule has 8 nitrogen and oxygen atoms in total. The van der Waals surface area contributed by atoms with Gasteiger partial charge in [-0.3, -0.25) is 0 Å². The summed E-state index contributed by atoms with van der Waals surface area (Å²) in [6.07, 6.45) is 0.468. The highest BCUT2D eigenvalue weighted by Gasteiger charge is 2.18. The van der Waals surface area contributed by atoms with Crippen LogP contribution in [0.5, 0.6) is 0 Å². The van der Waals surface area contributed by atoms with Crippen molar-refractivity contribution in [3.63, 3.8) is 0 Å². The third-order valence-electron chi connectivity index (χ3n) is 2.73. The van der Waals surface area contributed by atoms with Crippen molar-refractivity contribution in [3.05, 3.63) is 29.8 Å². The minimum atomic E-state index is -3.55. The Bertz CT molecular complexity index is 837. The van der Waals surface area contributed by atoms with E-state index < -0.39 is 26.8 Å². The van der Waals surface area contributed by atoms with Crippen LogP contribution in [0.1, 0.15) is 26.3 Å². The quantitative estimate of drug-likeness (QED) is 0.896. The molecule has 0 saturated carbocycles. The molecule has 0 bridgehead atoms. The van der Waals surface area contributed by atoms with Crippen molar-refractivity contribution in [2.75, 3.05) is 6.26 Å². The van der Waals surface area contributed by atoms with E-state index in [1.807, 2.05) is 0 Å². The van der Waals surface area contributed by atoms with Gasteiger partial charge in [0.1, 0.15) is 5.60 Å². The van der Waals surface area contributed by atoms with Crippen molar-refractivity contribution in [1.29, 1.82) is 0 Å². The summed E-state index contributed by atoms with van der Waals surface area (Å²) in [6, 6.07) is 6.97. The minimum Gasteiger partial charge on any atom is -0.444 e. The third kappa shape index (κ3) is 5.05. The van der Waals surface area contributed by atoms with E-state index in [-0.39, 0.29) is 12.4 Å². The molecule has 0 aliphatic rings. The Hall–Kier alpha value is -2.42. The molecule has 0 aliphatic carbocycles.